The van der Waals surface area contributed by atoms with Crippen LogP contribution in [-0.2, 0) is 11.2 Å². The normalized spacial score (nSPS) is 13.5. The summed E-state index contributed by atoms with van der Waals surface area (Å²) < 4.78 is 5.52. The molecule has 21 heavy (non-hydrogen) atoms. The Balaban J connectivity index is 2.13. The first-order chi connectivity index (χ1) is 10.1. The van der Waals surface area contributed by atoms with E-state index in [0.717, 1.165) is 38.5 Å². The summed E-state index contributed by atoms with van der Waals surface area (Å²) in [5.41, 5.74) is 0. The summed E-state index contributed by atoms with van der Waals surface area (Å²) in [6, 6.07) is 4.31. The predicted molar refractivity (Wildman–Crippen MR) is 92.3 cm³/mol. The van der Waals surface area contributed by atoms with Crippen molar-refractivity contribution in [1.82, 2.24) is 10.6 Å². The lowest BCUT2D eigenvalue weighted by Crippen LogP contribution is -2.40. The van der Waals surface area contributed by atoms with Crippen molar-refractivity contribution in [1.29, 1.82) is 0 Å². The molecule has 0 spiro atoms. The van der Waals surface area contributed by atoms with Crippen molar-refractivity contribution in [2.24, 2.45) is 10.9 Å². The Hall–Kier alpha value is -1.07. The van der Waals surface area contributed by atoms with Gasteiger partial charge in [-0.05, 0) is 44.1 Å². The van der Waals surface area contributed by atoms with Crippen LogP contribution in [0.4, 0.5) is 0 Å². The van der Waals surface area contributed by atoms with Crippen molar-refractivity contribution in [3.63, 3.8) is 0 Å². The average molecular weight is 311 g/mol. The summed E-state index contributed by atoms with van der Waals surface area (Å²) in [5, 5.41) is 8.84. The molecule has 0 aromatic carbocycles. The largest absolute Gasteiger partial charge is 0.379 e. The summed E-state index contributed by atoms with van der Waals surface area (Å²) >= 11 is 1.83. The van der Waals surface area contributed by atoms with Crippen molar-refractivity contribution in [2.75, 3.05) is 26.7 Å². The molecule has 1 heterocycles. The number of ether oxygens (including phenoxy) is 1. The maximum Gasteiger partial charge on any atom is 0.190 e. The summed E-state index contributed by atoms with van der Waals surface area (Å²) in [6.45, 7) is 8.98. The second-order valence-electron chi connectivity index (χ2n) is 5.54. The first kappa shape index (κ1) is 18.0. The molecule has 0 aliphatic rings. The summed E-state index contributed by atoms with van der Waals surface area (Å²) in [5.74, 6) is 1.46. The van der Waals surface area contributed by atoms with Crippen molar-refractivity contribution < 1.29 is 4.74 Å². The highest BCUT2D eigenvalue weighted by Gasteiger charge is 2.06. The smallest absolute Gasteiger partial charge is 0.190 e. The molecule has 2 N–H and O–H groups in total. The molecule has 0 saturated carbocycles. The molecular formula is C16H29N3OS. The zero-order chi connectivity index (χ0) is 15.5. The van der Waals surface area contributed by atoms with Gasteiger partial charge in [0.1, 0.15) is 0 Å². The van der Waals surface area contributed by atoms with E-state index in [1.54, 1.807) is 0 Å². The molecule has 0 radical (unpaired) electrons. The fourth-order valence-electron chi connectivity index (χ4n) is 1.93. The van der Waals surface area contributed by atoms with Crippen molar-refractivity contribution in [3.8, 4) is 0 Å². The van der Waals surface area contributed by atoms with Crippen LogP contribution in [0.15, 0.2) is 22.5 Å². The van der Waals surface area contributed by atoms with Crippen molar-refractivity contribution in [3.05, 3.63) is 22.4 Å². The van der Waals surface area contributed by atoms with Crippen LogP contribution in [0.2, 0.25) is 0 Å². The van der Waals surface area contributed by atoms with Gasteiger partial charge in [-0.2, -0.15) is 0 Å². The maximum absolute atomic E-state index is 5.52. The Labute approximate surface area is 133 Å². The number of guanidine groups is 1. The van der Waals surface area contributed by atoms with E-state index in [0.29, 0.717) is 12.0 Å². The van der Waals surface area contributed by atoms with Crippen LogP contribution in [0.5, 0.6) is 0 Å². The molecule has 1 aromatic heterocycles. The summed E-state index contributed by atoms with van der Waals surface area (Å²) in [6.07, 6.45) is 2.41. The highest BCUT2D eigenvalue weighted by atomic mass is 32.1. The van der Waals surface area contributed by atoms with Gasteiger partial charge in [0.05, 0.1) is 6.10 Å². The van der Waals surface area contributed by atoms with Crippen LogP contribution < -0.4 is 10.6 Å². The fourth-order valence-corrected chi connectivity index (χ4v) is 2.80. The Morgan fingerprint density at radius 1 is 1.33 bits per heavy atom. The molecule has 0 amide bonds. The SMILES string of the molecule is CN=C(NCCCOC(C)C)NCC(C)Cc1cccs1. The molecule has 4 nitrogen and oxygen atoms in total. The monoisotopic (exact) mass is 311 g/mol. The molecule has 1 unspecified atom stereocenters. The molecule has 0 aliphatic carbocycles. The molecule has 120 valence electrons. The average Bonchev–Trinajstić information content (AvgIpc) is 2.94. The van der Waals surface area contributed by atoms with Crippen LogP contribution in [0.1, 0.15) is 32.1 Å². The molecule has 0 bridgehead atoms. The number of hydrogen-bond acceptors (Lipinski definition) is 3. The zero-order valence-electron chi connectivity index (χ0n) is 13.7. The van der Waals surface area contributed by atoms with Gasteiger partial charge in [-0.1, -0.05) is 13.0 Å². The first-order valence-corrected chi connectivity index (χ1v) is 8.58. The van der Waals surface area contributed by atoms with Crippen LogP contribution in [0.3, 0.4) is 0 Å². The van der Waals surface area contributed by atoms with Gasteiger partial charge in [-0.3, -0.25) is 4.99 Å². The fraction of sp³-hybridized carbons (Fsp3) is 0.688. The quantitative estimate of drug-likeness (QED) is 0.419. The van der Waals surface area contributed by atoms with Crippen LogP contribution in [0, 0.1) is 5.92 Å². The predicted octanol–water partition coefficient (Wildman–Crippen LogP) is 2.91. The molecule has 0 saturated heterocycles. The number of nitrogens with one attached hydrogen (secondary N) is 2. The minimum Gasteiger partial charge on any atom is -0.379 e. The van der Waals surface area contributed by atoms with Gasteiger partial charge in [-0.25, -0.2) is 0 Å². The third kappa shape index (κ3) is 8.73. The third-order valence-electron chi connectivity index (χ3n) is 3.04. The van der Waals surface area contributed by atoms with Gasteiger partial charge in [0.2, 0.25) is 0 Å². The summed E-state index contributed by atoms with van der Waals surface area (Å²) in [4.78, 5) is 5.69. The van der Waals surface area contributed by atoms with E-state index in [4.69, 9.17) is 4.74 Å². The van der Waals surface area contributed by atoms with E-state index in [9.17, 15) is 0 Å². The Bertz CT molecular complexity index is 390. The maximum atomic E-state index is 5.52. The van der Waals surface area contributed by atoms with E-state index in [2.05, 4.69) is 53.9 Å². The molecular weight excluding hydrogens is 282 g/mol. The van der Waals surface area contributed by atoms with Crippen molar-refractivity contribution in [2.45, 2.75) is 39.7 Å². The number of aliphatic imine (C=N–C) groups is 1. The van der Waals surface area contributed by atoms with Gasteiger partial charge in [0.15, 0.2) is 5.96 Å². The van der Waals surface area contributed by atoms with Gasteiger partial charge in [0, 0.05) is 31.6 Å². The van der Waals surface area contributed by atoms with Gasteiger partial charge in [-0.15, -0.1) is 11.3 Å². The molecule has 0 aliphatic heterocycles. The second kappa shape index (κ2) is 10.6. The Morgan fingerprint density at radius 2 is 2.14 bits per heavy atom. The standard InChI is InChI=1S/C16H29N3OS/c1-13(2)20-9-6-8-18-16(17-4)19-12-14(3)11-15-7-5-10-21-15/h5,7,10,13-14H,6,8-9,11-12H2,1-4H3,(H2,17,18,19). The second-order valence-corrected chi connectivity index (χ2v) is 6.57. The third-order valence-corrected chi connectivity index (χ3v) is 3.93. The molecule has 5 heteroatoms. The summed E-state index contributed by atoms with van der Waals surface area (Å²) in [7, 11) is 1.81. The number of nitrogens with zero attached hydrogens (tertiary/aromatic N) is 1. The topological polar surface area (TPSA) is 45.7 Å². The van der Waals surface area contributed by atoms with Crippen LogP contribution in [-0.4, -0.2) is 38.8 Å². The lowest BCUT2D eigenvalue weighted by Gasteiger charge is -2.16. The Kier molecular flexibility index (Phi) is 9.10. The highest BCUT2D eigenvalue weighted by molar-refractivity contribution is 7.09. The first-order valence-electron chi connectivity index (χ1n) is 7.70. The molecule has 1 aromatic rings. The van der Waals surface area contributed by atoms with Crippen molar-refractivity contribution >= 4 is 17.3 Å². The van der Waals surface area contributed by atoms with Crippen LogP contribution in [0.25, 0.3) is 0 Å². The van der Waals surface area contributed by atoms with E-state index in [-0.39, 0.29) is 0 Å². The number of hydrogen-bond donors (Lipinski definition) is 2. The molecule has 1 atom stereocenters. The van der Waals surface area contributed by atoms with Gasteiger partial charge < -0.3 is 15.4 Å². The van der Waals surface area contributed by atoms with E-state index in [1.807, 2.05) is 18.4 Å². The van der Waals surface area contributed by atoms with E-state index in [1.165, 1.54) is 4.88 Å². The Morgan fingerprint density at radius 3 is 2.76 bits per heavy atom. The lowest BCUT2D eigenvalue weighted by molar-refractivity contribution is 0.0776. The van der Waals surface area contributed by atoms with E-state index >= 15 is 0 Å². The lowest BCUT2D eigenvalue weighted by atomic mass is 10.1. The van der Waals surface area contributed by atoms with Gasteiger partial charge in [0.25, 0.3) is 0 Å². The minimum absolute atomic E-state index is 0.306. The minimum atomic E-state index is 0.306. The highest BCUT2D eigenvalue weighted by Crippen LogP contribution is 2.13. The van der Waals surface area contributed by atoms with Gasteiger partial charge >= 0.3 is 0 Å². The molecule has 1 rings (SSSR count). The zero-order valence-corrected chi connectivity index (χ0v) is 14.5. The van der Waals surface area contributed by atoms with E-state index < -0.39 is 0 Å². The number of rotatable bonds is 9. The number of thiophene rings is 1. The van der Waals surface area contributed by atoms with Crippen LogP contribution >= 0.6 is 11.3 Å². The molecule has 0 fully saturated rings.